The number of aliphatic hydroxyl groups is 1. The number of ether oxygens (including phenoxy) is 1. The number of nitrogens with zero attached hydrogens (tertiary/aromatic N) is 2. The molecule has 0 aliphatic carbocycles. The molecule has 1 aliphatic rings. The SMILES string of the molecule is C=C(O)/C=N\C(=C/N)C(=O)Nc1cccc(C2(C)COCC(N)=N2)c1. The van der Waals surface area contributed by atoms with Crippen LogP contribution in [0.3, 0.4) is 0 Å². The van der Waals surface area contributed by atoms with Crippen LogP contribution in [0.25, 0.3) is 0 Å². The van der Waals surface area contributed by atoms with Crippen molar-refractivity contribution >= 4 is 23.6 Å². The van der Waals surface area contributed by atoms with Gasteiger partial charge in [0, 0.05) is 11.9 Å². The minimum Gasteiger partial charge on any atom is -0.507 e. The lowest BCUT2D eigenvalue weighted by Gasteiger charge is -2.30. The molecule has 0 aromatic heterocycles. The first-order valence-electron chi connectivity index (χ1n) is 7.52. The van der Waals surface area contributed by atoms with E-state index in [-0.39, 0.29) is 11.5 Å². The van der Waals surface area contributed by atoms with E-state index in [2.05, 4.69) is 21.9 Å². The number of allylic oxidation sites excluding steroid dienone is 1. The molecule has 0 spiro atoms. The standard InChI is InChI=1S/C17H21N5O3/c1-11(23)8-20-14(7-18)16(24)21-13-5-3-4-12(6-13)17(2)10-25-9-15(19)22-17/h3-8,23H,1,9-10,18H2,2H3,(H2,19,22)(H,21,24)/b14-7-,20-8-. The summed E-state index contributed by atoms with van der Waals surface area (Å²) in [5.41, 5.74) is 11.9. The summed E-state index contributed by atoms with van der Waals surface area (Å²) in [7, 11) is 0. The predicted octanol–water partition coefficient (Wildman–Crippen LogP) is 1.17. The molecule has 0 saturated carbocycles. The van der Waals surface area contributed by atoms with E-state index < -0.39 is 11.4 Å². The molecule has 2 rings (SSSR count). The molecule has 25 heavy (non-hydrogen) atoms. The minimum atomic E-state index is -0.623. The zero-order valence-corrected chi connectivity index (χ0v) is 13.9. The Morgan fingerprint density at radius 2 is 2.32 bits per heavy atom. The smallest absolute Gasteiger partial charge is 0.275 e. The van der Waals surface area contributed by atoms with Crippen LogP contribution in [0, 0.1) is 0 Å². The van der Waals surface area contributed by atoms with Crippen LogP contribution >= 0.6 is 0 Å². The fraction of sp³-hybridized carbons (Fsp3) is 0.235. The summed E-state index contributed by atoms with van der Waals surface area (Å²) in [6.45, 7) is 5.86. The van der Waals surface area contributed by atoms with Crippen LogP contribution in [0.5, 0.6) is 0 Å². The summed E-state index contributed by atoms with van der Waals surface area (Å²) in [5, 5.41) is 11.7. The number of amidine groups is 1. The molecule has 1 atom stereocenters. The number of hydrogen-bond acceptors (Lipinski definition) is 7. The van der Waals surface area contributed by atoms with Gasteiger partial charge in [-0.25, -0.2) is 4.99 Å². The minimum absolute atomic E-state index is 0.0601. The van der Waals surface area contributed by atoms with E-state index in [4.69, 9.17) is 21.3 Å². The number of anilines is 1. The second kappa shape index (κ2) is 7.63. The van der Waals surface area contributed by atoms with Crippen molar-refractivity contribution in [2.45, 2.75) is 12.5 Å². The van der Waals surface area contributed by atoms with Crippen molar-refractivity contribution in [2.24, 2.45) is 21.5 Å². The van der Waals surface area contributed by atoms with E-state index in [9.17, 15) is 4.79 Å². The molecule has 1 unspecified atom stereocenters. The summed E-state index contributed by atoms with van der Waals surface area (Å²) in [6, 6.07) is 7.19. The van der Waals surface area contributed by atoms with Crippen LogP contribution in [-0.4, -0.2) is 36.3 Å². The Morgan fingerprint density at radius 1 is 1.56 bits per heavy atom. The molecule has 132 valence electrons. The fourth-order valence-corrected chi connectivity index (χ4v) is 2.33. The van der Waals surface area contributed by atoms with Gasteiger partial charge in [0.15, 0.2) is 0 Å². The molecule has 0 saturated heterocycles. The first-order valence-corrected chi connectivity index (χ1v) is 7.52. The van der Waals surface area contributed by atoms with Crippen molar-refractivity contribution in [1.29, 1.82) is 0 Å². The zero-order chi connectivity index (χ0) is 18.4. The van der Waals surface area contributed by atoms with Crippen molar-refractivity contribution in [3.8, 4) is 0 Å². The zero-order valence-electron chi connectivity index (χ0n) is 13.9. The molecule has 8 nitrogen and oxygen atoms in total. The largest absolute Gasteiger partial charge is 0.507 e. The molecule has 0 bridgehead atoms. The average molecular weight is 343 g/mol. The van der Waals surface area contributed by atoms with Crippen LogP contribution < -0.4 is 16.8 Å². The quantitative estimate of drug-likeness (QED) is 0.361. The molecule has 0 fully saturated rings. The number of aliphatic hydroxyl groups excluding tert-OH is 1. The number of nitrogens with one attached hydrogen (secondary N) is 1. The number of nitrogens with two attached hydrogens (primary N) is 2. The van der Waals surface area contributed by atoms with Crippen molar-refractivity contribution < 1.29 is 14.6 Å². The second-order valence-corrected chi connectivity index (χ2v) is 5.71. The number of hydrogen-bond donors (Lipinski definition) is 4. The van der Waals surface area contributed by atoms with E-state index >= 15 is 0 Å². The highest BCUT2D eigenvalue weighted by Crippen LogP contribution is 2.30. The van der Waals surface area contributed by atoms with Gasteiger partial charge in [0.05, 0.1) is 12.8 Å². The van der Waals surface area contributed by atoms with E-state index in [1.807, 2.05) is 13.0 Å². The molecule has 1 aromatic rings. The molecule has 1 aliphatic heterocycles. The van der Waals surface area contributed by atoms with Crippen molar-refractivity contribution in [3.05, 3.63) is 54.1 Å². The number of carbonyl (C=O) groups excluding carboxylic acids is 1. The van der Waals surface area contributed by atoms with Crippen LogP contribution in [0.15, 0.2) is 58.5 Å². The average Bonchev–Trinajstić information content (AvgIpc) is 2.55. The maximum absolute atomic E-state index is 12.2. The lowest BCUT2D eigenvalue weighted by Crippen LogP contribution is -2.37. The third-order valence-electron chi connectivity index (χ3n) is 3.51. The number of rotatable bonds is 5. The Labute approximate surface area is 145 Å². The van der Waals surface area contributed by atoms with Gasteiger partial charge < -0.3 is 26.6 Å². The molecular formula is C17H21N5O3. The third-order valence-corrected chi connectivity index (χ3v) is 3.51. The van der Waals surface area contributed by atoms with Gasteiger partial charge in [-0.3, -0.25) is 9.79 Å². The number of carbonyl (C=O) groups is 1. The topological polar surface area (TPSA) is 135 Å². The summed E-state index contributed by atoms with van der Waals surface area (Å²) in [6.07, 6.45) is 2.08. The lowest BCUT2D eigenvalue weighted by molar-refractivity contribution is -0.112. The van der Waals surface area contributed by atoms with Gasteiger partial charge in [-0.1, -0.05) is 18.7 Å². The van der Waals surface area contributed by atoms with Gasteiger partial charge >= 0.3 is 0 Å². The van der Waals surface area contributed by atoms with Gasteiger partial charge in [-0.15, -0.1) is 0 Å². The maximum Gasteiger partial charge on any atom is 0.275 e. The highest BCUT2D eigenvalue weighted by Gasteiger charge is 2.30. The first kappa shape index (κ1) is 18.2. The predicted molar refractivity (Wildman–Crippen MR) is 97.4 cm³/mol. The summed E-state index contributed by atoms with van der Waals surface area (Å²) < 4.78 is 5.46. The molecular weight excluding hydrogens is 322 g/mol. The van der Waals surface area contributed by atoms with Crippen molar-refractivity contribution in [2.75, 3.05) is 18.5 Å². The number of benzene rings is 1. The monoisotopic (exact) mass is 343 g/mol. The summed E-state index contributed by atoms with van der Waals surface area (Å²) in [4.78, 5) is 20.5. The van der Waals surface area contributed by atoms with Gasteiger partial charge in [0.1, 0.15) is 29.4 Å². The van der Waals surface area contributed by atoms with Gasteiger partial charge in [0.25, 0.3) is 5.91 Å². The van der Waals surface area contributed by atoms with Crippen molar-refractivity contribution in [3.63, 3.8) is 0 Å². The van der Waals surface area contributed by atoms with Gasteiger partial charge in [-0.2, -0.15) is 0 Å². The summed E-state index contributed by atoms with van der Waals surface area (Å²) in [5.74, 6) is -0.379. The Kier molecular flexibility index (Phi) is 5.56. The Morgan fingerprint density at radius 3 is 2.96 bits per heavy atom. The van der Waals surface area contributed by atoms with E-state index in [1.54, 1.807) is 18.2 Å². The van der Waals surface area contributed by atoms with Crippen molar-refractivity contribution in [1.82, 2.24) is 0 Å². The van der Waals surface area contributed by atoms with Crippen LogP contribution in [0.2, 0.25) is 0 Å². The highest BCUT2D eigenvalue weighted by atomic mass is 16.5. The first-order chi connectivity index (χ1) is 11.8. The molecule has 1 aromatic carbocycles. The van der Waals surface area contributed by atoms with Crippen LogP contribution in [0.1, 0.15) is 12.5 Å². The second-order valence-electron chi connectivity index (χ2n) is 5.71. The Bertz CT molecular complexity index is 769. The number of aliphatic imine (C=N–C) groups is 2. The fourth-order valence-electron chi connectivity index (χ4n) is 2.33. The molecule has 1 heterocycles. The molecule has 8 heteroatoms. The number of amides is 1. The normalized spacial score (nSPS) is 21.0. The van der Waals surface area contributed by atoms with Crippen LogP contribution in [-0.2, 0) is 15.1 Å². The Balaban J connectivity index is 2.20. The highest BCUT2D eigenvalue weighted by molar-refractivity contribution is 6.04. The lowest BCUT2D eigenvalue weighted by atomic mass is 9.92. The summed E-state index contributed by atoms with van der Waals surface area (Å²) >= 11 is 0. The van der Waals surface area contributed by atoms with Gasteiger partial charge in [-0.05, 0) is 24.6 Å². The molecule has 6 N–H and O–H groups in total. The maximum atomic E-state index is 12.2. The van der Waals surface area contributed by atoms with E-state index in [0.29, 0.717) is 24.7 Å². The van der Waals surface area contributed by atoms with Crippen LogP contribution in [0.4, 0.5) is 5.69 Å². The Hall–Kier alpha value is -3.13. The van der Waals surface area contributed by atoms with E-state index in [1.165, 1.54) is 0 Å². The molecule has 0 radical (unpaired) electrons. The third kappa shape index (κ3) is 4.67. The van der Waals surface area contributed by atoms with Gasteiger partial charge in [0.2, 0.25) is 0 Å². The van der Waals surface area contributed by atoms with E-state index in [0.717, 1.165) is 18.0 Å². The molecule has 1 amide bonds.